The van der Waals surface area contributed by atoms with Crippen molar-refractivity contribution in [2.24, 2.45) is 0 Å². The van der Waals surface area contributed by atoms with Gasteiger partial charge in [0.2, 0.25) is 0 Å². The van der Waals surface area contributed by atoms with E-state index in [0.29, 0.717) is 0 Å². The third-order valence-corrected chi connectivity index (χ3v) is 10.7. The number of thiophene rings is 1. The molecule has 0 saturated carbocycles. The topological polar surface area (TPSA) is 13.1 Å². The van der Waals surface area contributed by atoms with Crippen LogP contribution in [0.1, 0.15) is 0 Å². The van der Waals surface area contributed by atoms with Gasteiger partial charge in [0.25, 0.3) is 0 Å². The molecule has 0 atom stereocenters. The Morgan fingerprint density at radius 2 is 1.02 bits per heavy atom. The minimum absolute atomic E-state index is 0.964. The van der Waals surface area contributed by atoms with Gasteiger partial charge in [0.1, 0.15) is 5.58 Å². The van der Waals surface area contributed by atoms with Gasteiger partial charge in [-0.15, -0.1) is 11.3 Å². The minimum atomic E-state index is 0.964. The largest absolute Gasteiger partial charge is 0.463 e. The van der Waals surface area contributed by atoms with Gasteiger partial charge in [0, 0.05) is 31.1 Å². The fourth-order valence-electron chi connectivity index (χ4n) is 7.52. The molecule has 0 fully saturated rings. The molecule has 0 amide bonds. The maximum Gasteiger partial charge on any atom is 0.143 e. The zero-order valence-corrected chi connectivity index (χ0v) is 25.6. The Morgan fingerprint density at radius 1 is 0.391 bits per heavy atom. The molecule has 1 nitrogen and oxygen atoms in total. The molecule has 0 N–H and O–H groups in total. The van der Waals surface area contributed by atoms with E-state index in [1.54, 1.807) is 0 Å². The summed E-state index contributed by atoms with van der Waals surface area (Å²) in [5, 5.41) is 11.2. The molecule has 214 valence electrons. The quantitative estimate of drug-likeness (QED) is 0.183. The number of hydrogen-bond acceptors (Lipinski definition) is 2. The standard InChI is InChI=1S/C44H26OS/c1-2-11-28(12-3-1)38-26-45-44-36(38)23-24-39-43(44)37-22-21-29(25-40(37)46-39)41-32-16-6-8-18-34(32)42(35-19-9-7-17-33(35)41)31-20-10-14-27-13-4-5-15-30(27)31/h1-26H. The molecule has 0 unspecified atom stereocenters. The zero-order chi connectivity index (χ0) is 30.2. The summed E-state index contributed by atoms with van der Waals surface area (Å²) in [6.07, 6.45) is 1.91. The first-order valence-corrected chi connectivity index (χ1v) is 16.5. The summed E-state index contributed by atoms with van der Waals surface area (Å²) in [5.74, 6) is 0. The molecule has 0 aliphatic carbocycles. The first-order valence-electron chi connectivity index (χ1n) is 15.7. The van der Waals surface area contributed by atoms with Gasteiger partial charge in [0.15, 0.2) is 0 Å². The van der Waals surface area contributed by atoms with Crippen LogP contribution in [0.15, 0.2) is 162 Å². The summed E-state index contributed by atoms with van der Waals surface area (Å²) in [6, 6.07) is 55.2. The Hall–Kier alpha value is -5.70. The second kappa shape index (κ2) is 9.90. The number of hydrogen-bond donors (Lipinski definition) is 0. The summed E-state index contributed by atoms with van der Waals surface area (Å²) in [7, 11) is 0. The monoisotopic (exact) mass is 602 g/mol. The van der Waals surface area contributed by atoms with Gasteiger partial charge in [-0.3, -0.25) is 0 Å². The Morgan fingerprint density at radius 3 is 1.78 bits per heavy atom. The van der Waals surface area contributed by atoms with Crippen molar-refractivity contribution in [2.45, 2.75) is 0 Å². The Kier molecular flexibility index (Phi) is 5.51. The van der Waals surface area contributed by atoms with Gasteiger partial charge in [0.05, 0.1) is 6.26 Å². The van der Waals surface area contributed by atoms with Gasteiger partial charge in [-0.25, -0.2) is 0 Å². The van der Waals surface area contributed by atoms with Crippen molar-refractivity contribution in [3.8, 4) is 33.4 Å². The van der Waals surface area contributed by atoms with Gasteiger partial charge in [-0.1, -0.05) is 133 Å². The molecule has 0 bridgehead atoms. The third kappa shape index (κ3) is 3.68. The number of rotatable bonds is 3. The molecule has 2 heterocycles. The lowest BCUT2D eigenvalue weighted by Gasteiger charge is -2.18. The van der Waals surface area contributed by atoms with Crippen LogP contribution in [0.3, 0.4) is 0 Å². The van der Waals surface area contributed by atoms with E-state index in [1.807, 2.05) is 17.6 Å². The second-order valence-electron chi connectivity index (χ2n) is 12.0. The average molecular weight is 603 g/mol. The van der Waals surface area contributed by atoms with Gasteiger partial charge in [-0.05, 0) is 78.3 Å². The molecule has 2 heteroatoms. The summed E-state index contributed by atoms with van der Waals surface area (Å²) in [5.41, 5.74) is 8.36. The molecule has 10 aromatic rings. The van der Waals surface area contributed by atoms with Crippen molar-refractivity contribution in [2.75, 3.05) is 0 Å². The van der Waals surface area contributed by atoms with Crippen LogP contribution in [0.5, 0.6) is 0 Å². The summed E-state index contributed by atoms with van der Waals surface area (Å²) in [4.78, 5) is 0. The average Bonchev–Trinajstić information content (AvgIpc) is 3.72. The molecular formula is C44H26OS. The van der Waals surface area contributed by atoms with E-state index in [2.05, 4.69) is 152 Å². The SMILES string of the molecule is c1ccc(-c2coc3c2ccc2sc4cc(-c5c6ccccc6c(-c6cccc7ccccc67)c6ccccc56)ccc4c23)cc1. The Labute approximate surface area is 269 Å². The van der Waals surface area contributed by atoms with Crippen LogP contribution in [0.2, 0.25) is 0 Å². The molecule has 0 saturated heterocycles. The van der Waals surface area contributed by atoms with Crippen LogP contribution in [-0.2, 0) is 0 Å². The fraction of sp³-hybridized carbons (Fsp3) is 0. The van der Waals surface area contributed by atoms with Crippen molar-refractivity contribution in [1.82, 2.24) is 0 Å². The first-order chi connectivity index (χ1) is 22.8. The zero-order valence-electron chi connectivity index (χ0n) is 24.8. The number of benzene rings is 8. The number of furan rings is 1. The maximum atomic E-state index is 6.31. The van der Waals surface area contributed by atoms with E-state index in [4.69, 9.17) is 4.42 Å². The smallest absolute Gasteiger partial charge is 0.143 e. The summed E-state index contributed by atoms with van der Waals surface area (Å²) >= 11 is 1.84. The predicted molar refractivity (Wildman–Crippen MR) is 198 cm³/mol. The van der Waals surface area contributed by atoms with Gasteiger partial charge >= 0.3 is 0 Å². The van der Waals surface area contributed by atoms with E-state index in [0.717, 1.165) is 16.5 Å². The van der Waals surface area contributed by atoms with Crippen LogP contribution < -0.4 is 0 Å². The van der Waals surface area contributed by atoms with Crippen molar-refractivity contribution in [3.05, 3.63) is 158 Å². The van der Waals surface area contributed by atoms with E-state index in [9.17, 15) is 0 Å². The van der Waals surface area contributed by atoms with E-state index < -0.39 is 0 Å². The third-order valence-electron chi connectivity index (χ3n) is 9.54. The normalized spacial score (nSPS) is 11.9. The highest BCUT2D eigenvalue weighted by Crippen LogP contribution is 2.47. The van der Waals surface area contributed by atoms with Crippen molar-refractivity contribution >= 4 is 74.8 Å². The van der Waals surface area contributed by atoms with Crippen LogP contribution >= 0.6 is 11.3 Å². The molecule has 8 aromatic carbocycles. The Bertz CT molecular complexity index is 2740. The van der Waals surface area contributed by atoms with Crippen molar-refractivity contribution in [3.63, 3.8) is 0 Å². The number of fused-ring (bicyclic) bond motifs is 8. The highest BCUT2D eigenvalue weighted by molar-refractivity contribution is 7.26. The Balaban J connectivity index is 1.24. The van der Waals surface area contributed by atoms with Gasteiger partial charge < -0.3 is 4.42 Å². The summed E-state index contributed by atoms with van der Waals surface area (Å²) < 4.78 is 8.82. The molecule has 2 aromatic heterocycles. The highest BCUT2D eigenvalue weighted by Gasteiger charge is 2.20. The molecule has 0 aliphatic heterocycles. The maximum absolute atomic E-state index is 6.31. The lowest BCUT2D eigenvalue weighted by Crippen LogP contribution is -1.91. The van der Waals surface area contributed by atoms with Crippen molar-refractivity contribution in [1.29, 1.82) is 0 Å². The van der Waals surface area contributed by atoms with E-state index in [-0.39, 0.29) is 0 Å². The molecule has 10 rings (SSSR count). The molecular weight excluding hydrogens is 577 g/mol. The molecule has 0 aliphatic rings. The van der Waals surface area contributed by atoms with Crippen molar-refractivity contribution < 1.29 is 4.42 Å². The molecule has 0 spiro atoms. The van der Waals surface area contributed by atoms with Crippen LogP contribution in [-0.4, -0.2) is 0 Å². The van der Waals surface area contributed by atoms with Gasteiger partial charge in [-0.2, -0.15) is 0 Å². The molecule has 0 radical (unpaired) electrons. The van der Waals surface area contributed by atoms with E-state index >= 15 is 0 Å². The van der Waals surface area contributed by atoms with Crippen LogP contribution in [0.25, 0.3) is 96.8 Å². The molecule has 46 heavy (non-hydrogen) atoms. The summed E-state index contributed by atoms with van der Waals surface area (Å²) in [6.45, 7) is 0. The lowest BCUT2D eigenvalue weighted by atomic mass is 9.84. The van der Waals surface area contributed by atoms with Crippen LogP contribution in [0, 0.1) is 0 Å². The predicted octanol–water partition coefficient (Wildman–Crippen LogP) is 13.3. The minimum Gasteiger partial charge on any atom is -0.463 e. The lowest BCUT2D eigenvalue weighted by molar-refractivity contribution is 0.620. The first kappa shape index (κ1) is 25.6. The van der Waals surface area contributed by atoms with Crippen LogP contribution in [0.4, 0.5) is 0 Å². The van der Waals surface area contributed by atoms with E-state index in [1.165, 1.54) is 80.3 Å². The fourth-order valence-corrected chi connectivity index (χ4v) is 8.67. The second-order valence-corrected chi connectivity index (χ2v) is 13.1. The highest BCUT2D eigenvalue weighted by atomic mass is 32.1.